The Morgan fingerprint density at radius 2 is 1.54 bits per heavy atom. The molecule has 0 bridgehead atoms. The van der Waals surface area contributed by atoms with E-state index in [0.717, 1.165) is 16.7 Å². The van der Waals surface area contributed by atoms with E-state index in [0.29, 0.717) is 0 Å². The average Bonchev–Trinajstić information content (AvgIpc) is 2.61. The summed E-state index contributed by atoms with van der Waals surface area (Å²) in [6.07, 6.45) is 14.6. The highest BCUT2D eigenvalue weighted by molar-refractivity contribution is 9.10. The molecule has 2 rings (SSSR count). The second kappa shape index (κ2) is 11.2. The van der Waals surface area contributed by atoms with E-state index in [4.69, 9.17) is 0 Å². The normalized spacial score (nSPS) is 10.8. The smallest absolute Gasteiger partial charge is 0.0606 e. The number of nitrogens with zero attached hydrogens (tertiary/aromatic N) is 1. The van der Waals surface area contributed by atoms with E-state index in [-0.39, 0.29) is 0 Å². The van der Waals surface area contributed by atoms with Crippen LogP contribution in [0.2, 0.25) is 0 Å². The zero-order valence-corrected chi connectivity index (χ0v) is 16.3. The maximum atomic E-state index is 4.27. The fourth-order valence-electron chi connectivity index (χ4n) is 2.90. The third-order valence-corrected chi connectivity index (χ3v) is 4.85. The number of halogens is 1. The Hall–Kier alpha value is -1.35. The highest BCUT2D eigenvalue weighted by Crippen LogP contribution is 2.28. The predicted octanol–water partition coefficient (Wildman–Crippen LogP) is 7.06. The van der Waals surface area contributed by atoms with Crippen LogP contribution in [0.25, 0.3) is 11.1 Å². The monoisotopic (exact) mass is 388 g/mol. The van der Waals surface area contributed by atoms with Gasteiger partial charge in [-0.15, -0.1) is 0 Å². The molecule has 0 radical (unpaired) electrons. The molecule has 0 aliphatic heterocycles. The van der Waals surface area contributed by atoms with E-state index in [1.807, 2.05) is 12.4 Å². The van der Waals surface area contributed by atoms with Crippen LogP contribution in [-0.2, 0) is 0 Å². The third-order valence-electron chi connectivity index (χ3n) is 4.32. The average molecular weight is 389 g/mol. The van der Waals surface area contributed by atoms with Crippen LogP contribution in [0.4, 0.5) is 5.69 Å². The lowest BCUT2D eigenvalue weighted by Gasteiger charge is -2.12. The van der Waals surface area contributed by atoms with Crippen LogP contribution in [0.5, 0.6) is 0 Å². The van der Waals surface area contributed by atoms with E-state index in [2.05, 4.69) is 63.5 Å². The Morgan fingerprint density at radius 1 is 0.875 bits per heavy atom. The second-order valence-corrected chi connectivity index (χ2v) is 7.25. The van der Waals surface area contributed by atoms with E-state index in [9.17, 15) is 0 Å². The van der Waals surface area contributed by atoms with Crippen molar-refractivity contribution in [3.05, 3.63) is 47.2 Å². The van der Waals surface area contributed by atoms with Crippen LogP contribution in [0.15, 0.2) is 47.2 Å². The van der Waals surface area contributed by atoms with Crippen molar-refractivity contribution in [2.75, 3.05) is 11.9 Å². The van der Waals surface area contributed by atoms with Gasteiger partial charge >= 0.3 is 0 Å². The lowest BCUT2D eigenvalue weighted by Crippen LogP contribution is -2.03. The molecule has 3 heteroatoms. The molecule has 0 atom stereocenters. The summed E-state index contributed by atoms with van der Waals surface area (Å²) in [6, 6.07) is 10.5. The van der Waals surface area contributed by atoms with Crippen molar-refractivity contribution >= 4 is 21.6 Å². The maximum Gasteiger partial charge on any atom is 0.0606 e. The summed E-state index contributed by atoms with van der Waals surface area (Å²) in [7, 11) is 0. The second-order valence-electron chi connectivity index (χ2n) is 6.33. The SMILES string of the molecule is CCCCCCCCCCNc1cnccc1-c1ccc(Br)cc1. The molecule has 0 aliphatic rings. The van der Waals surface area contributed by atoms with Gasteiger partial charge in [0.1, 0.15) is 0 Å². The summed E-state index contributed by atoms with van der Waals surface area (Å²) < 4.78 is 1.11. The molecule has 2 nitrogen and oxygen atoms in total. The largest absolute Gasteiger partial charge is 0.383 e. The molecule has 0 amide bonds. The van der Waals surface area contributed by atoms with Crippen LogP contribution in [-0.4, -0.2) is 11.5 Å². The van der Waals surface area contributed by atoms with Crippen LogP contribution in [0.3, 0.4) is 0 Å². The lowest BCUT2D eigenvalue weighted by atomic mass is 10.1. The molecule has 0 saturated heterocycles. The Balaban J connectivity index is 1.74. The number of hydrogen-bond acceptors (Lipinski definition) is 2. The van der Waals surface area contributed by atoms with Gasteiger partial charge in [0.25, 0.3) is 0 Å². The first kappa shape index (κ1) is 19.0. The summed E-state index contributed by atoms with van der Waals surface area (Å²) in [4.78, 5) is 4.27. The van der Waals surface area contributed by atoms with Gasteiger partial charge < -0.3 is 5.32 Å². The number of nitrogens with one attached hydrogen (secondary N) is 1. The van der Waals surface area contributed by atoms with E-state index in [1.165, 1.54) is 62.5 Å². The zero-order valence-electron chi connectivity index (χ0n) is 14.7. The molecule has 1 heterocycles. The van der Waals surface area contributed by atoms with Crippen molar-refractivity contribution in [2.24, 2.45) is 0 Å². The van der Waals surface area contributed by atoms with Gasteiger partial charge in [0.2, 0.25) is 0 Å². The number of hydrogen-bond donors (Lipinski definition) is 1. The van der Waals surface area contributed by atoms with Gasteiger partial charge in [-0.3, -0.25) is 4.98 Å². The molecule has 0 spiro atoms. The minimum absolute atomic E-state index is 1.02. The van der Waals surface area contributed by atoms with Gasteiger partial charge in [-0.05, 0) is 30.2 Å². The first-order valence-electron chi connectivity index (χ1n) is 9.25. The fraction of sp³-hybridized carbons (Fsp3) is 0.476. The summed E-state index contributed by atoms with van der Waals surface area (Å²) in [5.41, 5.74) is 3.57. The fourth-order valence-corrected chi connectivity index (χ4v) is 3.16. The van der Waals surface area contributed by atoms with Crippen molar-refractivity contribution < 1.29 is 0 Å². The predicted molar refractivity (Wildman–Crippen MR) is 108 cm³/mol. The van der Waals surface area contributed by atoms with Crippen molar-refractivity contribution in [3.63, 3.8) is 0 Å². The topological polar surface area (TPSA) is 24.9 Å². The number of aromatic nitrogens is 1. The quantitative estimate of drug-likeness (QED) is 0.416. The van der Waals surface area contributed by atoms with Crippen molar-refractivity contribution in [2.45, 2.75) is 58.3 Å². The molecular weight excluding hydrogens is 360 g/mol. The molecule has 0 fully saturated rings. The van der Waals surface area contributed by atoms with Gasteiger partial charge in [-0.2, -0.15) is 0 Å². The first-order valence-corrected chi connectivity index (χ1v) is 10.0. The summed E-state index contributed by atoms with van der Waals surface area (Å²) in [6.45, 7) is 3.29. The summed E-state index contributed by atoms with van der Waals surface area (Å²) in [5.74, 6) is 0. The van der Waals surface area contributed by atoms with Gasteiger partial charge in [0.15, 0.2) is 0 Å². The molecule has 1 N–H and O–H groups in total. The van der Waals surface area contributed by atoms with Crippen LogP contribution < -0.4 is 5.32 Å². The molecule has 0 aliphatic carbocycles. The number of pyridine rings is 1. The molecule has 1 aromatic heterocycles. The highest BCUT2D eigenvalue weighted by atomic mass is 79.9. The number of unbranched alkanes of at least 4 members (excludes halogenated alkanes) is 7. The lowest BCUT2D eigenvalue weighted by molar-refractivity contribution is 0.581. The number of benzene rings is 1. The van der Waals surface area contributed by atoms with Crippen molar-refractivity contribution in [3.8, 4) is 11.1 Å². The molecule has 0 unspecified atom stereocenters. The summed E-state index contributed by atoms with van der Waals surface area (Å²) >= 11 is 3.49. The number of anilines is 1. The number of rotatable bonds is 11. The molecule has 0 saturated carbocycles. The van der Waals surface area contributed by atoms with Crippen LogP contribution >= 0.6 is 15.9 Å². The zero-order chi connectivity index (χ0) is 17.0. The highest BCUT2D eigenvalue weighted by Gasteiger charge is 2.04. The Morgan fingerprint density at radius 3 is 2.25 bits per heavy atom. The Kier molecular flexibility index (Phi) is 8.90. The van der Waals surface area contributed by atoms with E-state index < -0.39 is 0 Å². The minimum atomic E-state index is 1.02. The van der Waals surface area contributed by atoms with Crippen LogP contribution in [0, 0.1) is 0 Å². The van der Waals surface area contributed by atoms with Crippen molar-refractivity contribution in [1.82, 2.24) is 4.98 Å². The third kappa shape index (κ3) is 6.64. The van der Waals surface area contributed by atoms with E-state index >= 15 is 0 Å². The summed E-state index contributed by atoms with van der Waals surface area (Å²) in [5, 5.41) is 3.56. The molecule has 24 heavy (non-hydrogen) atoms. The van der Waals surface area contributed by atoms with Gasteiger partial charge in [-0.1, -0.05) is 79.9 Å². The Labute approximate surface area is 155 Å². The molecular formula is C21H29BrN2. The molecule has 1 aromatic carbocycles. The molecule has 130 valence electrons. The minimum Gasteiger partial charge on any atom is -0.383 e. The van der Waals surface area contributed by atoms with Gasteiger partial charge in [-0.25, -0.2) is 0 Å². The van der Waals surface area contributed by atoms with Crippen molar-refractivity contribution in [1.29, 1.82) is 0 Å². The van der Waals surface area contributed by atoms with Crippen LogP contribution in [0.1, 0.15) is 58.3 Å². The standard InChI is InChI=1S/C21H29BrN2/c1-2-3-4-5-6-7-8-9-15-24-21-17-23-16-14-20(21)18-10-12-19(22)13-11-18/h10-14,16-17,24H,2-9,15H2,1H3. The van der Waals surface area contributed by atoms with E-state index in [1.54, 1.807) is 0 Å². The maximum absolute atomic E-state index is 4.27. The Bertz CT molecular complexity index is 581. The van der Waals surface area contributed by atoms with Gasteiger partial charge in [0.05, 0.1) is 11.9 Å². The first-order chi connectivity index (χ1) is 11.8. The molecule has 2 aromatic rings. The van der Waals surface area contributed by atoms with Gasteiger partial charge in [0, 0.05) is 22.8 Å².